The van der Waals surface area contributed by atoms with Crippen molar-refractivity contribution >= 4 is 9.84 Å². The molecular formula is C17H18O3S. The fourth-order valence-corrected chi connectivity index (χ4v) is 5.07. The smallest absolute Gasteiger partial charge is 0.184 e. The van der Waals surface area contributed by atoms with Gasteiger partial charge in [-0.2, -0.15) is 0 Å². The zero-order valence-electron chi connectivity index (χ0n) is 12.1. The van der Waals surface area contributed by atoms with E-state index in [1.807, 2.05) is 31.2 Å². The van der Waals surface area contributed by atoms with Gasteiger partial charge >= 0.3 is 0 Å². The van der Waals surface area contributed by atoms with E-state index in [1.165, 1.54) is 0 Å². The van der Waals surface area contributed by atoms with Gasteiger partial charge in [-0.3, -0.25) is 0 Å². The molecule has 0 aliphatic heterocycles. The number of sulfone groups is 1. The first-order valence-corrected chi connectivity index (χ1v) is 8.53. The highest BCUT2D eigenvalue weighted by atomic mass is 32.2. The zero-order chi connectivity index (χ0) is 15.2. The Labute approximate surface area is 125 Å². The van der Waals surface area contributed by atoms with Gasteiger partial charge in [0.15, 0.2) is 9.84 Å². The fraction of sp³-hybridized carbons (Fsp3) is 0.294. The number of rotatable bonds is 2. The minimum atomic E-state index is -3.55. The van der Waals surface area contributed by atoms with E-state index < -0.39 is 21.2 Å². The Kier molecular flexibility index (Phi) is 3.38. The molecule has 21 heavy (non-hydrogen) atoms. The van der Waals surface area contributed by atoms with Gasteiger partial charge in [-0.05, 0) is 43.0 Å². The summed E-state index contributed by atoms with van der Waals surface area (Å²) in [6, 6.07) is 12.7. The Morgan fingerprint density at radius 1 is 1.10 bits per heavy atom. The number of aliphatic hydroxyl groups is 1. The van der Waals surface area contributed by atoms with Crippen LogP contribution in [0.15, 0.2) is 47.4 Å². The van der Waals surface area contributed by atoms with E-state index in [4.69, 9.17) is 0 Å². The second-order valence-electron chi connectivity index (χ2n) is 5.70. The second-order valence-corrected chi connectivity index (χ2v) is 7.84. The molecule has 0 bridgehead atoms. The molecule has 0 saturated heterocycles. The van der Waals surface area contributed by atoms with Crippen LogP contribution in [-0.2, 0) is 16.3 Å². The molecule has 0 heterocycles. The lowest BCUT2D eigenvalue weighted by Gasteiger charge is -2.17. The quantitative estimate of drug-likeness (QED) is 0.928. The largest absolute Gasteiger partial charge is 0.387 e. The Hall–Kier alpha value is -1.65. The SMILES string of the molecule is Cc1ccc(S(=O)(=O)C2Cc3ccccc3C2O)c(C)c1. The van der Waals surface area contributed by atoms with E-state index in [1.54, 1.807) is 25.1 Å². The summed E-state index contributed by atoms with van der Waals surface area (Å²) in [6.45, 7) is 3.73. The molecule has 0 aromatic heterocycles. The monoisotopic (exact) mass is 302 g/mol. The van der Waals surface area contributed by atoms with Gasteiger partial charge in [0, 0.05) is 0 Å². The fourth-order valence-electron chi connectivity index (χ4n) is 3.10. The first-order chi connectivity index (χ1) is 9.91. The molecule has 1 aliphatic carbocycles. The van der Waals surface area contributed by atoms with Crippen molar-refractivity contribution in [2.75, 3.05) is 0 Å². The minimum absolute atomic E-state index is 0.324. The summed E-state index contributed by atoms with van der Waals surface area (Å²) in [6.07, 6.45) is -0.584. The van der Waals surface area contributed by atoms with Crippen LogP contribution in [-0.4, -0.2) is 18.8 Å². The van der Waals surface area contributed by atoms with E-state index in [0.717, 1.165) is 22.3 Å². The molecule has 0 spiro atoms. The zero-order valence-corrected chi connectivity index (χ0v) is 12.9. The number of aryl methyl sites for hydroxylation is 2. The highest BCUT2D eigenvalue weighted by Gasteiger charge is 2.41. The molecule has 3 nitrogen and oxygen atoms in total. The molecule has 4 heteroatoms. The van der Waals surface area contributed by atoms with Gasteiger partial charge in [0.1, 0.15) is 0 Å². The van der Waals surface area contributed by atoms with Gasteiger partial charge in [-0.15, -0.1) is 0 Å². The highest BCUT2D eigenvalue weighted by Crippen LogP contribution is 2.38. The van der Waals surface area contributed by atoms with Crippen LogP contribution >= 0.6 is 0 Å². The average Bonchev–Trinajstić information content (AvgIpc) is 2.77. The van der Waals surface area contributed by atoms with Gasteiger partial charge in [0.25, 0.3) is 0 Å². The Balaban J connectivity index is 2.05. The Morgan fingerprint density at radius 3 is 2.48 bits per heavy atom. The van der Waals surface area contributed by atoms with Crippen molar-refractivity contribution in [3.8, 4) is 0 Å². The average molecular weight is 302 g/mol. The maximum absolute atomic E-state index is 12.9. The van der Waals surface area contributed by atoms with Gasteiger partial charge in [-0.25, -0.2) is 8.42 Å². The van der Waals surface area contributed by atoms with Crippen molar-refractivity contribution < 1.29 is 13.5 Å². The maximum Gasteiger partial charge on any atom is 0.184 e. The van der Waals surface area contributed by atoms with Crippen LogP contribution in [0, 0.1) is 13.8 Å². The number of fused-ring (bicyclic) bond motifs is 1. The minimum Gasteiger partial charge on any atom is -0.387 e. The Bertz CT molecular complexity index is 793. The molecule has 0 fully saturated rings. The summed E-state index contributed by atoms with van der Waals surface area (Å²) in [4.78, 5) is 0.324. The third-order valence-electron chi connectivity index (χ3n) is 4.18. The van der Waals surface area contributed by atoms with Crippen molar-refractivity contribution in [1.82, 2.24) is 0 Å². The molecule has 0 radical (unpaired) electrons. The van der Waals surface area contributed by atoms with Crippen LogP contribution in [0.4, 0.5) is 0 Å². The molecule has 2 atom stereocenters. The van der Waals surface area contributed by atoms with Gasteiger partial charge < -0.3 is 5.11 Å². The summed E-state index contributed by atoms with van der Waals surface area (Å²) >= 11 is 0. The highest BCUT2D eigenvalue weighted by molar-refractivity contribution is 7.92. The standard InChI is InChI=1S/C17H18O3S/c1-11-7-8-15(12(2)9-11)21(19,20)16-10-13-5-3-4-6-14(13)17(16)18/h3-9,16-18H,10H2,1-2H3. The van der Waals surface area contributed by atoms with Crippen LogP contribution in [0.1, 0.15) is 28.4 Å². The van der Waals surface area contributed by atoms with E-state index >= 15 is 0 Å². The van der Waals surface area contributed by atoms with Gasteiger partial charge in [0.05, 0.1) is 16.2 Å². The molecule has 3 rings (SSSR count). The molecule has 1 N–H and O–H groups in total. The number of hydrogen-bond donors (Lipinski definition) is 1. The van der Waals surface area contributed by atoms with Gasteiger partial charge in [-0.1, -0.05) is 42.0 Å². The predicted octanol–water partition coefficient (Wildman–Crippen LogP) is 2.74. The first kappa shape index (κ1) is 14.3. The van der Waals surface area contributed by atoms with Crippen molar-refractivity contribution in [2.24, 2.45) is 0 Å². The normalized spacial score (nSPS) is 21.3. The van der Waals surface area contributed by atoms with E-state index in [2.05, 4.69) is 0 Å². The van der Waals surface area contributed by atoms with Crippen molar-refractivity contribution in [1.29, 1.82) is 0 Å². The van der Waals surface area contributed by atoms with Crippen molar-refractivity contribution in [3.63, 3.8) is 0 Å². The van der Waals surface area contributed by atoms with Crippen molar-refractivity contribution in [2.45, 2.75) is 36.5 Å². The molecule has 0 amide bonds. The molecule has 1 aliphatic rings. The summed E-state index contributed by atoms with van der Waals surface area (Å²) in [5, 5.41) is 9.61. The molecule has 2 unspecified atom stereocenters. The summed E-state index contributed by atoms with van der Waals surface area (Å²) in [5.41, 5.74) is 3.42. The van der Waals surface area contributed by atoms with Gasteiger partial charge in [0.2, 0.25) is 0 Å². The first-order valence-electron chi connectivity index (χ1n) is 6.98. The molecule has 110 valence electrons. The van der Waals surface area contributed by atoms with Crippen LogP contribution in [0.25, 0.3) is 0 Å². The molecule has 2 aromatic carbocycles. The second kappa shape index (κ2) is 4.97. The third-order valence-corrected chi connectivity index (χ3v) is 6.48. The molecule has 2 aromatic rings. The molecule has 0 saturated carbocycles. The van der Waals surface area contributed by atoms with Crippen LogP contribution in [0.5, 0.6) is 0 Å². The van der Waals surface area contributed by atoms with E-state index in [0.29, 0.717) is 11.3 Å². The number of hydrogen-bond acceptors (Lipinski definition) is 3. The lowest BCUT2D eigenvalue weighted by atomic mass is 10.1. The van der Waals surface area contributed by atoms with Crippen LogP contribution in [0.3, 0.4) is 0 Å². The number of benzene rings is 2. The van der Waals surface area contributed by atoms with Crippen molar-refractivity contribution in [3.05, 3.63) is 64.7 Å². The number of aliphatic hydroxyl groups excluding tert-OH is 1. The lowest BCUT2D eigenvalue weighted by molar-refractivity contribution is 0.182. The van der Waals surface area contributed by atoms with E-state index in [9.17, 15) is 13.5 Å². The topological polar surface area (TPSA) is 54.4 Å². The molecular weight excluding hydrogens is 284 g/mol. The van der Waals surface area contributed by atoms with Crippen LogP contribution in [0.2, 0.25) is 0 Å². The maximum atomic E-state index is 12.9. The van der Waals surface area contributed by atoms with Crippen LogP contribution < -0.4 is 0 Å². The summed E-state index contributed by atoms with van der Waals surface area (Å²) in [7, 11) is -3.55. The lowest BCUT2D eigenvalue weighted by Crippen LogP contribution is -2.26. The third kappa shape index (κ3) is 2.28. The Morgan fingerprint density at radius 2 is 1.81 bits per heavy atom. The summed E-state index contributed by atoms with van der Waals surface area (Å²) in [5.74, 6) is 0. The predicted molar refractivity (Wildman–Crippen MR) is 82.0 cm³/mol. The van der Waals surface area contributed by atoms with E-state index in [-0.39, 0.29) is 0 Å². The summed E-state index contributed by atoms with van der Waals surface area (Å²) < 4.78 is 25.8.